The standard InChI is InChI=1S/C35H43NO6/c1-36(24-25-11-10-12-29(37)20-25)17-8-6-5-7-9-18-42-30-15-16-31-27(23-30)13-14-28(34(31)38)19-26-21-32(39-2)35(41-4)33(22-26)40-3/h10-12,15-16,19-23,37H,5-9,13-14,17-18,24H2,1-4H3/b28-19+. The summed E-state index contributed by atoms with van der Waals surface area (Å²) in [6.07, 6.45) is 9.04. The molecule has 0 aliphatic heterocycles. The summed E-state index contributed by atoms with van der Waals surface area (Å²) >= 11 is 0. The van der Waals surface area contributed by atoms with E-state index in [1.807, 2.05) is 54.6 Å². The van der Waals surface area contributed by atoms with Crippen LogP contribution in [-0.2, 0) is 13.0 Å². The van der Waals surface area contributed by atoms with Crippen molar-refractivity contribution in [2.75, 3.05) is 41.5 Å². The van der Waals surface area contributed by atoms with Crippen LogP contribution in [0, 0.1) is 0 Å². The Hall–Kier alpha value is -3.97. The van der Waals surface area contributed by atoms with Gasteiger partial charge in [0.2, 0.25) is 5.75 Å². The van der Waals surface area contributed by atoms with Crippen molar-refractivity contribution in [2.24, 2.45) is 0 Å². The minimum Gasteiger partial charge on any atom is -0.508 e. The molecule has 224 valence electrons. The summed E-state index contributed by atoms with van der Waals surface area (Å²) in [5.41, 5.74) is 4.50. The molecule has 0 bridgehead atoms. The number of benzene rings is 3. The van der Waals surface area contributed by atoms with Crippen LogP contribution < -0.4 is 18.9 Å². The Morgan fingerprint density at radius 3 is 2.31 bits per heavy atom. The van der Waals surface area contributed by atoms with Crippen molar-refractivity contribution in [3.8, 4) is 28.7 Å². The molecule has 7 heteroatoms. The third-order valence-electron chi connectivity index (χ3n) is 7.62. The van der Waals surface area contributed by atoms with E-state index in [4.69, 9.17) is 18.9 Å². The molecule has 42 heavy (non-hydrogen) atoms. The van der Waals surface area contributed by atoms with Gasteiger partial charge >= 0.3 is 0 Å². The summed E-state index contributed by atoms with van der Waals surface area (Å²) in [4.78, 5) is 15.6. The van der Waals surface area contributed by atoms with E-state index in [-0.39, 0.29) is 5.78 Å². The van der Waals surface area contributed by atoms with Crippen molar-refractivity contribution >= 4 is 11.9 Å². The molecule has 0 radical (unpaired) electrons. The smallest absolute Gasteiger partial charge is 0.203 e. The number of methoxy groups -OCH3 is 3. The maximum atomic E-state index is 13.3. The number of aryl methyl sites for hydroxylation is 1. The lowest BCUT2D eigenvalue weighted by molar-refractivity contribution is 0.102. The fraction of sp³-hybridized carbons (Fsp3) is 0.400. The zero-order valence-electron chi connectivity index (χ0n) is 25.3. The van der Waals surface area contributed by atoms with Gasteiger partial charge in [-0.05, 0) is 105 Å². The SMILES string of the molecule is COc1cc(/C=C2\CCc3cc(OCCCCCCCN(C)Cc4cccc(O)c4)ccc3C2=O)cc(OC)c1OC. The van der Waals surface area contributed by atoms with Crippen LogP contribution in [0.4, 0.5) is 0 Å². The van der Waals surface area contributed by atoms with E-state index in [9.17, 15) is 9.90 Å². The average molecular weight is 574 g/mol. The number of aromatic hydroxyl groups is 1. The fourth-order valence-electron chi connectivity index (χ4n) is 5.42. The van der Waals surface area contributed by atoms with E-state index >= 15 is 0 Å². The molecule has 1 aliphatic rings. The minimum atomic E-state index is 0.0455. The third-order valence-corrected chi connectivity index (χ3v) is 7.62. The predicted molar refractivity (Wildman–Crippen MR) is 166 cm³/mol. The lowest BCUT2D eigenvalue weighted by atomic mass is 9.86. The van der Waals surface area contributed by atoms with Gasteiger partial charge in [0.15, 0.2) is 17.3 Å². The Balaban J connectivity index is 1.20. The van der Waals surface area contributed by atoms with Crippen molar-refractivity contribution in [2.45, 2.75) is 51.5 Å². The second kappa shape index (κ2) is 15.3. The quantitative estimate of drug-likeness (QED) is 0.154. The molecule has 0 fully saturated rings. The number of Topliss-reactive ketones (excluding diaryl/α,β-unsaturated/α-hetero) is 1. The van der Waals surface area contributed by atoms with Gasteiger partial charge in [-0.1, -0.05) is 31.4 Å². The van der Waals surface area contributed by atoms with E-state index in [1.165, 1.54) is 12.8 Å². The van der Waals surface area contributed by atoms with Crippen LogP contribution in [0.3, 0.4) is 0 Å². The number of carbonyl (C=O) groups excluding carboxylic acids is 1. The van der Waals surface area contributed by atoms with Crippen LogP contribution >= 0.6 is 0 Å². The monoisotopic (exact) mass is 573 g/mol. The van der Waals surface area contributed by atoms with Crippen molar-refractivity contribution in [1.29, 1.82) is 0 Å². The van der Waals surface area contributed by atoms with Crippen LogP contribution in [0.1, 0.15) is 65.6 Å². The first-order valence-electron chi connectivity index (χ1n) is 14.7. The van der Waals surface area contributed by atoms with Crippen LogP contribution in [0.5, 0.6) is 28.7 Å². The Kier molecular flexibility index (Phi) is 11.3. The molecule has 0 heterocycles. The summed E-state index contributed by atoms with van der Waals surface area (Å²) in [5.74, 6) is 2.84. The largest absolute Gasteiger partial charge is 0.508 e. The van der Waals surface area contributed by atoms with Crippen molar-refractivity contribution < 1.29 is 28.8 Å². The highest BCUT2D eigenvalue weighted by Crippen LogP contribution is 2.39. The minimum absolute atomic E-state index is 0.0455. The second-order valence-electron chi connectivity index (χ2n) is 10.8. The van der Waals surface area contributed by atoms with Gasteiger partial charge in [0.25, 0.3) is 0 Å². The molecule has 3 aromatic carbocycles. The number of hydrogen-bond acceptors (Lipinski definition) is 7. The molecular formula is C35H43NO6. The predicted octanol–water partition coefficient (Wildman–Crippen LogP) is 7.09. The number of fused-ring (bicyclic) bond motifs is 1. The number of unbranched alkanes of at least 4 members (excludes halogenated alkanes) is 4. The van der Waals surface area contributed by atoms with E-state index in [0.717, 1.165) is 72.3 Å². The number of phenolic OH excluding ortho intramolecular Hbond substituents is 1. The fourth-order valence-corrected chi connectivity index (χ4v) is 5.42. The zero-order chi connectivity index (χ0) is 29.9. The summed E-state index contributed by atoms with van der Waals surface area (Å²) in [6, 6.07) is 17.0. The molecule has 7 nitrogen and oxygen atoms in total. The van der Waals surface area contributed by atoms with Gasteiger partial charge in [-0.3, -0.25) is 4.79 Å². The van der Waals surface area contributed by atoms with Crippen molar-refractivity contribution in [1.82, 2.24) is 4.90 Å². The molecule has 3 aromatic rings. The van der Waals surface area contributed by atoms with Crippen LogP contribution in [0.2, 0.25) is 0 Å². The molecule has 0 spiro atoms. The lowest BCUT2D eigenvalue weighted by Gasteiger charge is -2.19. The number of rotatable bonds is 15. The number of hydrogen-bond donors (Lipinski definition) is 1. The molecule has 0 atom stereocenters. The molecule has 4 rings (SSSR count). The van der Waals surface area contributed by atoms with Crippen LogP contribution in [0.25, 0.3) is 6.08 Å². The summed E-state index contributed by atoms with van der Waals surface area (Å²) in [6.45, 7) is 2.56. The van der Waals surface area contributed by atoms with E-state index in [1.54, 1.807) is 27.4 Å². The maximum Gasteiger partial charge on any atom is 0.203 e. The van der Waals surface area contributed by atoms with Crippen LogP contribution in [-0.4, -0.2) is 57.3 Å². The number of phenols is 1. The van der Waals surface area contributed by atoms with Gasteiger partial charge in [0.05, 0.1) is 27.9 Å². The highest BCUT2D eigenvalue weighted by molar-refractivity contribution is 6.13. The highest BCUT2D eigenvalue weighted by atomic mass is 16.5. The van der Waals surface area contributed by atoms with Crippen LogP contribution in [0.15, 0.2) is 60.2 Å². The summed E-state index contributed by atoms with van der Waals surface area (Å²) < 4.78 is 22.4. The molecule has 0 saturated heterocycles. The van der Waals surface area contributed by atoms with Gasteiger partial charge in [-0.15, -0.1) is 0 Å². The molecule has 0 saturated carbocycles. The average Bonchev–Trinajstić information content (AvgIpc) is 2.99. The first kappa shape index (κ1) is 31.0. The van der Waals surface area contributed by atoms with Gasteiger partial charge < -0.3 is 29.0 Å². The zero-order valence-corrected chi connectivity index (χ0v) is 25.3. The normalized spacial score (nSPS) is 13.7. The molecular weight excluding hydrogens is 530 g/mol. The topological polar surface area (TPSA) is 77.5 Å². The third kappa shape index (κ3) is 8.29. The van der Waals surface area contributed by atoms with E-state index in [2.05, 4.69) is 11.9 Å². The van der Waals surface area contributed by atoms with Gasteiger partial charge in [0, 0.05) is 17.7 Å². The molecule has 0 unspecified atom stereocenters. The first-order valence-corrected chi connectivity index (χ1v) is 14.7. The summed E-state index contributed by atoms with van der Waals surface area (Å²) in [5, 5.41) is 9.62. The highest BCUT2D eigenvalue weighted by Gasteiger charge is 2.23. The van der Waals surface area contributed by atoms with Crippen molar-refractivity contribution in [3.63, 3.8) is 0 Å². The number of ether oxygens (including phenoxy) is 4. The van der Waals surface area contributed by atoms with Crippen molar-refractivity contribution in [3.05, 3.63) is 82.4 Å². The Labute approximate surface area is 249 Å². The first-order chi connectivity index (χ1) is 20.4. The summed E-state index contributed by atoms with van der Waals surface area (Å²) in [7, 11) is 6.86. The Morgan fingerprint density at radius 2 is 1.60 bits per heavy atom. The van der Waals surface area contributed by atoms with E-state index < -0.39 is 0 Å². The van der Waals surface area contributed by atoms with Gasteiger partial charge in [0.1, 0.15) is 11.5 Å². The number of allylic oxidation sites excluding steroid dienone is 1. The number of nitrogens with zero attached hydrogens (tertiary/aromatic N) is 1. The maximum absolute atomic E-state index is 13.3. The number of carbonyl (C=O) groups is 1. The second-order valence-corrected chi connectivity index (χ2v) is 10.8. The molecule has 1 aliphatic carbocycles. The van der Waals surface area contributed by atoms with Gasteiger partial charge in [-0.2, -0.15) is 0 Å². The number of ketones is 1. The van der Waals surface area contributed by atoms with E-state index in [0.29, 0.717) is 36.0 Å². The van der Waals surface area contributed by atoms with Gasteiger partial charge in [-0.25, -0.2) is 0 Å². The Morgan fingerprint density at radius 1 is 0.857 bits per heavy atom. The lowest BCUT2D eigenvalue weighted by Crippen LogP contribution is -2.19. The molecule has 1 N–H and O–H groups in total. The Bertz CT molecular complexity index is 1360. The molecule has 0 amide bonds. The molecule has 0 aromatic heterocycles.